The van der Waals surface area contributed by atoms with Crippen LogP contribution >= 0.6 is 11.8 Å². The van der Waals surface area contributed by atoms with Gasteiger partial charge in [0.1, 0.15) is 5.60 Å². The van der Waals surface area contributed by atoms with Gasteiger partial charge in [-0.2, -0.15) is 0 Å². The molecule has 2 nitrogen and oxygen atoms in total. The van der Waals surface area contributed by atoms with Crippen molar-refractivity contribution < 1.29 is 5.11 Å². The molecule has 0 bridgehead atoms. The molecular weight excluding hydrogens is 254 g/mol. The Bertz CT molecular complexity index is 525. The van der Waals surface area contributed by atoms with Crippen LogP contribution in [-0.4, -0.2) is 17.9 Å². The van der Waals surface area contributed by atoms with E-state index in [0.29, 0.717) is 6.54 Å². The molecule has 0 spiro atoms. The summed E-state index contributed by atoms with van der Waals surface area (Å²) in [6.45, 7) is 2.31. The van der Waals surface area contributed by atoms with Crippen molar-refractivity contribution in [3.8, 4) is 0 Å². The first-order valence-electron chi connectivity index (χ1n) is 6.28. The largest absolute Gasteiger partial charge is 0.384 e. The Balaban J connectivity index is 2.10. The van der Waals surface area contributed by atoms with E-state index in [0.717, 1.165) is 11.3 Å². The lowest BCUT2D eigenvalue weighted by molar-refractivity contribution is 0.0715. The van der Waals surface area contributed by atoms with Gasteiger partial charge in [-0.15, -0.1) is 11.8 Å². The fourth-order valence-corrected chi connectivity index (χ4v) is 2.53. The highest BCUT2D eigenvalue weighted by Gasteiger charge is 2.22. The molecule has 100 valence electrons. The number of rotatable bonds is 5. The predicted octanol–water partition coefficient (Wildman–Crippen LogP) is 3.73. The maximum atomic E-state index is 10.5. The first-order valence-corrected chi connectivity index (χ1v) is 7.51. The van der Waals surface area contributed by atoms with Gasteiger partial charge in [0.2, 0.25) is 0 Å². The Morgan fingerprint density at radius 3 is 2.37 bits per heavy atom. The Morgan fingerprint density at radius 2 is 1.68 bits per heavy atom. The minimum absolute atomic E-state index is 0.481. The van der Waals surface area contributed by atoms with Crippen molar-refractivity contribution in [3.63, 3.8) is 0 Å². The molecule has 0 aliphatic heterocycles. The van der Waals surface area contributed by atoms with Gasteiger partial charge in [-0.05, 0) is 30.9 Å². The number of nitrogens with one attached hydrogen (secondary N) is 1. The lowest BCUT2D eigenvalue weighted by Gasteiger charge is -2.25. The van der Waals surface area contributed by atoms with Gasteiger partial charge in [0.05, 0.1) is 0 Å². The number of aliphatic hydroxyl groups is 1. The molecule has 0 fully saturated rings. The number of anilines is 1. The summed E-state index contributed by atoms with van der Waals surface area (Å²) in [5, 5.41) is 13.9. The van der Waals surface area contributed by atoms with E-state index in [1.54, 1.807) is 11.8 Å². The molecular formula is C16H19NOS. The lowest BCUT2D eigenvalue weighted by atomic mass is 9.96. The molecule has 0 aromatic heterocycles. The molecule has 0 aliphatic carbocycles. The monoisotopic (exact) mass is 273 g/mol. The topological polar surface area (TPSA) is 32.3 Å². The fourth-order valence-electron chi connectivity index (χ4n) is 1.96. The number of thioether (sulfide) groups is 1. The second kappa shape index (κ2) is 6.13. The highest BCUT2D eigenvalue weighted by Crippen LogP contribution is 2.27. The Kier molecular flexibility index (Phi) is 4.51. The summed E-state index contributed by atoms with van der Waals surface area (Å²) in [5.74, 6) is 0. The summed E-state index contributed by atoms with van der Waals surface area (Å²) in [5.41, 5.74) is 1.10. The van der Waals surface area contributed by atoms with Crippen LogP contribution in [0.2, 0.25) is 0 Å². The Hall–Kier alpha value is -1.45. The minimum Gasteiger partial charge on any atom is -0.384 e. The van der Waals surface area contributed by atoms with E-state index in [9.17, 15) is 5.11 Å². The number of hydrogen-bond donors (Lipinski definition) is 2. The first-order chi connectivity index (χ1) is 9.13. The average Bonchev–Trinajstić information content (AvgIpc) is 2.46. The van der Waals surface area contributed by atoms with Crippen LogP contribution in [0.25, 0.3) is 0 Å². The number of benzene rings is 2. The van der Waals surface area contributed by atoms with Crippen LogP contribution < -0.4 is 5.32 Å². The van der Waals surface area contributed by atoms with Crippen LogP contribution in [0.1, 0.15) is 12.5 Å². The van der Waals surface area contributed by atoms with E-state index in [2.05, 4.69) is 17.6 Å². The molecule has 19 heavy (non-hydrogen) atoms. The standard InChI is InChI=1S/C16H19NOS/c1-16(18,13-8-4-3-5-9-13)12-17-14-10-6-7-11-15(14)19-2/h3-11,17-18H,12H2,1-2H3. The third kappa shape index (κ3) is 3.52. The third-order valence-corrected chi connectivity index (χ3v) is 3.92. The molecule has 2 aromatic carbocycles. The maximum absolute atomic E-state index is 10.5. The molecule has 0 saturated carbocycles. The number of hydrogen-bond acceptors (Lipinski definition) is 3. The zero-order valence-electron chi connectivity index (χ0n) is 11.3. The quantitative estimate of drug-likeness (QED) is 0.814. The normalized spacial score (nSPS) is 13.8. The van der Waals surface area contributed by atoms with Crippen molar-refractivity contribution in [1.82, 2.24) is 0 Å². The summed E-state index contributed by atoms with van der Waals surface area (Å²) in [7, 11) is 0. The summed E-state index contributed by atoms with van der Waals surface area (Å²) in [4.78, 5) is 1.19. The fraction of sp³-hybridized carbons (Fsp3) is 0.250. The second-order valence-electron chi connectivity index (χ2n) is 4.69. The van der Waals surface area contributed by atoms with Crippen LogP contribution in [-0.2, 0) is 5.60 Å². The van der Waals surface area contributed by atoms with Crippen LogP contribution in [0.4, 0.5) is 5.69 Å². The van der Waals surface area contributed by atoms with E-state index < -0.39 is 5.60 Å². The van der Waals surface area contributed by atoms with Crippen LogP contribution in [0.15, 0.2) is 59.5 Å². The van der Waals surface area contributed by atoms with Crippen LogP contribution in [0.3, 0.4) is 0 Å². The lowest BCUT2D eigenvalue weighted by Crippen LogP contribution is -2.30. The zero-order valence-corrected chi connectivity index (χ0v) is 12.1. The molecule has 0 heterocycles. The molecule has 2 N–H and O–H groups in total. The summed E-state index contributed by atoms with van der Waals surface area (Å²) >= 11 is 1.70. The van der Waals surface area contributed by atoms with Gasteiger partial charge < -0.3 is 10.4 Å². The SMILES string of the molecule is CSc1ccccc1NCC(C)(O)c1ccccc1. The highest BCUT2D eigenvalue weighted by molar-refractivity contribution is 7.98. The van der Waals surface area contributed by atoms with Crippen molar-refractivity contribution >= 4 is 17.4 Å². The van der Waals surface area contributed by atoms with Gasteiger partial charge in [0, 0.05) is 17.1 Å². The molecule has 0 amide bonds. The molecule has 0 radical (unpaired) electrons. The molecule has 0 aliphatic rings. The van der Waals surface area contributed by atoms with Gasteiger partial charge in [-0.1, -0.05) is 42.5 Å². The van der Waals surface area contributed by atoms with Gasteiger partial charge in [0.15, 0.2) is 0 Å². The van der Waals surface area contributed by atoms with Gasteiger partial charge in [-0.25, -0.2) is 0 Å². The Labute approximate surface area is 118 Å². The van der Waals surface area contributed by atoms with Crippen molar-refractivity contribution in [3.05, 3.63) is 60.2 Å². The van der Waals surface area contributed by atoms with Crippen molar-refractivity contribution in [2.24, 2.45) is 0 Å². The molecule has 1 unspecified atom stereocenters. The zero-order chi connectivity index (χ0) is 13.7. The summed E-state index contributed by atoms with van der Waals surface area (Å²) in [6.07, 6.45) is 2.05. The van der Waals surface area contributed by atoms with Gasteiger partial charge in [0.25, 0.3) is 0 Å². The maximum Gasteiger partial charge on any atom is 0.104 e. The average molecular weight is 273 g/mol. The Morgan fingerprint density at radius 1 is 1.05 bits per heavy atom. The highest BCUT2D eigenvalue weighted by atomic mass is 32.2. The van der Waals surface area contributed by atoms with Crippen molar-refractivity contribution in [2.45, 2.75) is 17.4 Å². The van der Waals surface area contributed by atoms with E-state index >= 15 is 0 Å². The predicted molar refractivity (Wildman–Crippen MR) is 82.7 cm³/mol. The van der Waals surface area contributed by atoms with E-state index in [1.807, 2.05) is 55.5 Å². The van der Waals surface area contributed by atoms with Crippen molar-refractivity contribution in [2.75, 3.05) is 18.1 Å². The van der Waals surface area contributed by atoms with E-state index in [1.165, 1.54) is 4.90 Å². The summed E-state index contributed by atoms with van der Waals surface area (Å²) in [6, 6.07) is 17.9. The number of para-hydroxylation sites is 1. The third-order valence-electron chi connectivity index (χ3n) is 3.13. The molecule has 0 saturated heterocycles. The van der Waals surface area contributed by atoms with E-state index in [4.69, 9.17) is 0 Å². The molecule has 1 atom stereocenters. The van der Waals surface area contributed by atoms with Crippen molar-refractivity contribution in [1.29, 1.82) is 0 Å². The van der Waals surface area contributed by atoms with E-state index in [-0.39, 0.29) is 0 Å². The van der Waals surface area contributed by atoms with Crippen LogP contribution in [0, 0.1) is 0 Å². The molecule has 3 heteroatoms. The molecule has 2 aromatic rings. The smallest absolute Gasteiger partial charge is 0.104 e. The summed E-state index contributed by atoms with van der Waals surface area (Å²) < 4.78 is 0. The van der Waals surface area contributed by atoms with Crippen LogP contribution in [0.5, 0.6) is 0 Å². The minimum atomic E-state index is -0.882. The molecule has 2 rings (SSSR count). The second-order valence-corrected chi connectivity index (χ2v) is 5.54. The van der Waals surface area contributed by atoms with Gasteiger partial charge in [-0.3, -0.25) is 0 Å². The van der Waals surface area contributed by atoms with Gasteiger partial charge >= 0.3 is 0 Å². The first kappa shape index (κ1) is 14.0.